The number of hydrogen-bond donors (Lipinski definition) is 1. The maximum absolute atomic E-state index is 5.90. The number of rotatable bonds is 6. The van der Waals surface area contributed by atoms with Crippen LogP contribution in [0.15, 0.2) is 34.9 Å². The fourth-order valence-corrected chi connectivity index (χ4v) is 2.14. The lowest BCUT2D eigenvalue weighted by Gasteiger charge is -2.05. The van der Waals surface area contributed by atoms with Crippen LogP contribution in [0.1, 0.15) is 18.2 Å². The zero-order chi connectivity index (χ0) is 13.7. The van der Waals surface area contributed by atoms with Crippen molar-refractivity contribution in [3.63, 3.8) is 0 Å². The summed E-state index contributed by atoms with van der Waals surface area (Å²) in [7, 11) is 0. The standard InChI is InChI=1S/C14H15Cl2NO2/c1-2-17-7-10-3-14(18-8-10)9-19-13-5-11(15)4-12(16)6-13/h3-6,8,17H,2,7,9H2,1H3. The number of hydrogen-bond acceptors (Lipinski definition) is 3. The fraction of sp³-hybridized carbons (Fsp3) is 0.286. The molecule has 0 fully saturated rings. The van der Waals surface area contributed by atoms with Gasteiger partial charge in [0.15, 0.2) is 0 Å². The Morgan fingerprint density at radius 1 is 1.16 bits per heavy atom. The van der Waals surface area contributed by atoms with E-state index in [-0.39, 0.29) is 0 Å². The summed E-state index contributed by atoms with van der Waals surface area (Å²) in [4.78, 5) is 0. The Kier molecular flexibility index (Phi) is 5.14. The van der Waals surface area contributed by atoms with E-state index in [1.54, 1.807) is 24.5 Å². The molecule has 0 amide bonds. The Morgan fingerprint density at radius 3 is 2.58 bits per heavy atom. The van der Waals surface area contributed by atoms with Crippen molar-refractivity contribution in [2.45, 2.75) is 20.1 Å². The summed E-state index contributed by atoms with van der Waals surface area (Å²) >= 11 is 11.8. The van der Waals surface area contributed by atoms with Crippen molar-refractivity contribution in [2.24, 2.45) is 0 Å². The average molecular weight is 300 g/mol. The minimum atomic E-state index is 0.350. The summed E-state index contributed by atoms with van der Waals surface area (Å²) in [5.41, 5.74) is 1.10. The second-order valence-electron chi connectivity index (χ2n) is 4.10. The highest BCUT2D eigenvalue weighted by Crippen LogP contribution is 2.25. The molecular formula is C14H15Cl2NO2. The van der Waals surface area contributed by atoms with Crippen LogP contribution in [0.3, 0.4) is 0 Å². The predicted molar refractivity (Wildman–Crippen MR) is 76.9 cm³/mol. The van der Waals surface area contributed by atoms with Gasteiger partial charge in [0.25, 0.3) is 0 Å². The van der Waals surface area contributed by atoms with Gasteiger partial charge in [-0.15, -0.1) is 0 Å². The van der Waals surface area contributed by atoms with E-state index >= 15 is 0 Å². The van der Waals surface area contributed by atoms with E-state index < -0.39 is 0 Å². The van der Waals surface area contributed by atoms with Gasteiger partial charge in [-0.1, -0.05) is 30.1 Å². The maximum atomic E-state index is 5.90. The molecule has 3 nitrogen and oxygen atoms in total. The van der Waals surface area contributed by atoms with Gasteiger partial charge in [0.2, 0.25) is 0 Å². The van der Waals surface area contributed by atoms with Crippen molar-refractivity contribution < 1.29 is 9.15 Å². The van der Waals surface area contributed by atoms with Crippen LogP contribution in [0.5, 0.6) is 5.75 Å². The van der Waals surface area contributed by atoms with Crippen molar-refractivity contribution in [1.29, 1.82) is 0 Å². The second kappa shape index (κ2) is 6.85. The molecule has 0 unspecified atom stereocenters. The molecule has 2 aromatic rings. The lowest BCUT2D eigenvalue weighted by atomic mass is 10.3. The third-order valence-electron chi connectivity index (χ3n) is 2.50. The van der Waals surface area contributed by atoms with Crippen LogP contribution in [-0.4, -0.2) is 6.54 Å². The molecule has 1 aromatic carbocycles. The molecule has 0 saturated carbocycles. The van der Waals surface area contributed by atoms with Crippen LogP contribution in [0.4, 0.5) is 0 Å². The summed E-state index contributed by atoms with van der Waals surface area (Å²) in [6.07, 6.45) is 1.73. The van der Waals surface area contributed by atoms with Gasteiger partial charge in [0, 0.05) is 22.2 Å². The van der Waals surface area contributed by atoms with E-state index in [9.17, 15) is 0 Å². The third kappa shape index (κ3) is 4.46. The molecular weight excluding hydrogens is 285 g/mol. The Bertz CT molecular complexity index is 520. The second-order valence-corrected chi connectivity index (χ2v) is 4.97. The molecule has 102 valence electrons. The predicted octanol–water partition coefficient (Wildman–Crippen LogP) is 4.27. The topological polar surface area (TPSA) is 34.4 Å². The Morgan fingerprint density at radius 2 is 1.89 bits per heavy atom. The van der Waals surface area contributed by atoms with Crippen LogP contribution in [0.2, 0.25) is 10.0 Å². The number of nitrogens with one attached hydrogen (secondary N) is 1. The molecule has 0 atom stereocenters. The summed E-state index contributed by atoms with van der Waals surface area (Å²) in [5.74, 6) is 1.39. The van der Waals surface area contributed by atoms with Crippen LogP contribution < -0.4 is 10.1 Å². The molecule has 0 saturated heterocycles. The van der Waals surface area contributed by atoms with E-state index in [2.05, 4.69) is 12.2 Å². The van der Waals surface area contributed by atoms with Gasteiger partial charge in [0.1, 0.15) is 18.1 Å². The van der Waals surface area contributed by atoms with Crippen LogP contribution in [0.25, 0.3) is 0 Å². The molecule has 0 aliphatic carbocycles. The first-order valence-corrected chi connectivity index (χ1v) is 6.79. The number of furan rings is 1. The smallest absolute Gasteiger partial charge is 0.146 e. The minimum Gasteiger partial charge on any atom is -0.486 e. The van der Waals surface area contributed by atoms with E-state index in [1.165, 1.54) is 0 Å². The van der Waals surface area contributed by atoms with Gasteiger partial charge >= 0.3 is 0 Å². The zero-order valence-corrected chi connectivity index (χ0v) is 12.1. The van der Waals surface area contributed by atoms with Gasteiger partial charge < -0.3 is 14.5 Å². The molecule has 5 heteroatoms. The molecule has 19 heavy (non-hydrogen) atoms. The highest BCUT2D eigenvalue weighted by molar-refractivity contribution is 6.34. The van der Waals surface area contributed by atoms with Crippen molar-refractivity contribution in [3.05, 3.63) is 51.9 Å². The first kappa shape index (κ1) is 14.3. The molecule has 1 aromatic heterocycles. The molecule has 2 rings (SSSR count). The largest absolute Gasteiger partial charge is 0.486 e. The molecule has 1 N–H and O–H groups in total. The van der Waals surface area contributed by atoms with Crippen molar-refractivity contribution in [1.82, 2.24) is 5.32 Å². The van der Waals surface area contributed by atoms with Crippen molar-refractivity contribution in [2.75, 3.05) is 6.54 Å². The number of ether oxygens (including phenoxy) is 1. The van der Waals surface area contributed by atoms with Crippen LogP contribution in [-0.2, 0) is 13.2 Å². The number of halogens is 2. The zero-order valence-electron chi connectivity index (χ0n) is 10.6. The molecule has 0 radical (unpaired) electrons. The summed E-state index contributed by atoms with van der Waals surface area (Å²) in [6.45, 7) is 4.14. The van der Waals surface area contributed by atoms with Gasteiger partial charge in [-0.2, -0.15) is 0 Å². The lowest BCUT2D eigenvalue weighted by molar-refractivity contribution is 0.270. The molecule has 0 aliphatic rings. The average Bonchev–Trinajstić information content (AvgIpc) is 2.81. The quantitative estimate of drug-likeness (QED) is 0.865. The van der Waals surface area contributed by atoms with E-state index in [0.717, 1.165) is 24.4 Å². The highest BCUT2D eigenvalue weighted by atomic mass is 35.5. The fourth-order valence-electron chi connectivity index (χ4n) is 1.63. The summed E-state index contributed by atoms with van der Waals surface area (Å²) in [6, 6.07) is 7.07. The van der Waals surface area contributed by atoms with E-state index in [4.69, 9.17) is 32.4 Å². The highest BCUT2D eigenvalue weighted by Gasteiger charge is 2.04. The minimum absolute atomic E-state index is 0.350. The van der Waals surface area contributed by atoms with Gasteiger partial charge in [-0.05, 0) is 30.8 Å². The Balaban J connectivity index is 1.92. The molecule has 0 spiro atoms. The SMILES string of the molecule is CCNCc1coc(COc2cc(Cl)cc(Cl)c2)c1. The van der Waals surface area contributed by atoms with Gasteiger partial charge in [-0.3, -0.25) is 0 Å². The Labute approximate surface area is 122 Å². The van der Waals surface area contributed by atoms with E-state index in [0.29, 0.717) is 22.4 Å². The van der Waals surface area contributed by atoms with Crippen LogP contribution >= 0.6 is 23.2 Å². The third-order valence-corrected chi connectivity index (χ3v) is 2.94. The number of benzene rings is 1. The maximum Gasteiger partial charge on any atom is 0.146 e. The van der Waals surface area contributed by atoms with Gasteiger partial charge in [-0.25, -0.2) is 0 Å². The summed E-state index contributed by atoms with van der Waals surface area (Å²) in [5, 5.41) is 4.33. The van der Waals surface area contributed by atoms with Crippen molar-refractivity contribution >= 4 is 23.2 Å². The normalized spacial score (nSPS) is 10.7. The molecule has 1 heterocycles. The Hall–Kier alpha value is -1.16. The van der Waals surface area contributed by atoms with E-state index in [1.807, 2.05) is 6.07 Å². The lowest BCUT2D eigenvalue weighted by Crippen LogP contribution is -2.10. The van der Waals surface area contributed by atoms with Gasteiger partial charge in [0.05, 0.1) is 6.26 Å². The van der Waals surface area contributed by atoms with Crippen LogP contribution in [0, 0.1) is 0 Å². The molecule has 0 aliphatic heterocycles. The summed E-state index contributed by atoms with van der Waals surface area (Å²) < 4.78 is 11.0. The van der Waals surface area contributed by atoms with Crippen molar-refractivity contribution in [3.8, 4) is 5.75 Å². The first-order valence-electron chi connectivity index (χ1n) is 6.03. The monoisotopic (exact) mass is 299 g/mol. The first-order chi connectivity index (χ1) is 9.17. The molecule has 0 bridgehead atoms.